The Hall–Kier alpha value is -0.610. The van der Waals surface area contributed by atoms with Crippen LogP contribution in [-0.4, -0.2) is 49.8 Å². The number of amides is 1. The SMILES string of the molecule is O=C(C1CCOC1)N1CCC(OCC2CC2)C1. The van der Waals surface area contributed by atoms with Gasteiger partial charge in [0.2, 0.25) is 5.91 Å². The molecule has 0 aromatic rings. The van der Waals surface area contributed by atoms with Gasteiger partial charge in [-0.3, -0.25) is 4.79 Å². The molecule has 1 amide bonds. The minimum atomic E-state index is 0.109. The molecule has 2 saturated heterocycles. The Kier molecular flexibility index (Phi) is 3.34. The lowest BCUT2D eigenvalue weighted by Gasteiger charge is -2.19. The van der Waals surface area contributed by atoms with Crippen molar-refractivity contribution in [3.8, 4) is 0 Å². The molecule has 4 nitrogen and oxygen atoms in total. The molecule has 3 aliphatic rings. The van der Waals surface area contributed by atoms with Crippen molar-refractivity contribution in [2.45, 2.75) is 31.8 Å². The maximum atomic E-state index is 12.1. The van der Waals surface area contributed by atoms with Gasteiger partial charge in [-0.05, 0) is 31.6 Å². The first-order valence-electron chi connectivity index (χ1n) is 6.81. The second-order valence-corrected chi connectivity index (χ2v) is 5.53. The van der Waals surface area contributed by atoms with Crippen LogP contribution in [0.3, 0.4) is 0 Å². The Labute approximate surface area is 102 Å². The average Bonchev–Trinajstić information content (AvgIpc) is 2.86. The predicted molar refractivity (Wildman–Crippen MR) is 62.6 cm³/mol. The lowest BCUT2D eigenvalue weighted by molar-refractivity contribution is -0.134. The van der Waals surface area contributed by atoms with Gasteiger partial charge < -0.3 is 14.4 Å². The molecule has 2 atom stereocenters. The van der Waals surface area contributed by atoms with Crippen LogP contribution in [0.5, 0.6) is 0 Å². The molecule has 3 fully saturated rings. The van der Waals surface area contributed by atoms with Crippen molar-refractivity contribution in [3.63, 3.8) is 0 Å². The van der Waals surface area contributed by atoms with Gasteiger partial charge in [-0.25, -0.2) is 0 Å². The van der Waals surface area contributed by atoms with Crippen LogP contribution in [0, 0.1) is 11.8 Å². The van der Waals surface area contributed by atoms with Crippen molar-refractivity contribution in [1.82, 2.24) is 4.90 Å². The van der Waals surface area contributed by atoms with Crippen molar-refractivity contribution >= 4 is 5.91 Å². The van der Waals surface area contributed by atoms with Crippen molar-refractivity contribution in [2.75, 3.05) is 32.9 Å². The fraction of sp³-hybridized carbons (Fsp3) is 0.923. The first-order chi connectivity index (χ1) is 8.33. The lowest BCUT2D eigenvalue weighted by atomic mass is 10.1. The Bertz CT molecular complexity index is 284. The van der Waals surface area contributed by atoms with Gasteiger partial charge in [0.05, 0.1) is 18.6 Å². The highest BCUT2D eigenvalue weighted by molar-refractivity contribution is 5.79. The second kappa shape index (κ2) is 4.94. The number of carbonyl (C=O) groups excluding carboxylic acids is 1. The summed E-state index contributed by atoms with van der Waals surface area (Å²) >= 11 is 0. The summed E-state index contributed by atoms with van der Waals surface area (Å²) in [5.41, 5.74) is 0. The van der Waals surface area contributed by atoms with Crippen molar-refractivity contribution in [3.05, 3.63) is 0 Å². The summed E-state index contributed by atoms with van der Waals surface area (Å²) in [6.07, 6.45) is 4.83. The molecule has 1 saturated carbocycles. The molecule has 4 heteroatoms. The minimum absolute atomic E-state index is 0.109. The van der Waals surface area contributed by atoms with Gasteiger partial charge in [0, 0.05) is 26.3 Å². The van der Waals surface area contributed by atoms with Crippen LogP contribution in [-0.2, 0) is 14.3 Å². The number of likely N-dealkylation sites (tertiary alicyclic amines) is 1. The van der Waals surface area contributed by atoms with Crippen LogP contribution in [0.4, 0.5) is 0 Å². The predicted octanol–water partition coefficient (Wildman–Crippen LogP) is 1.05. The monoisotopic (exact) mass is 239 g/mol. The van der Waals surface area contributed by atoms with Gasteiger partial charge in [-0.15, -0.1) is 0 Å². The van der Waals surface area contributed by atoms with Gasteiger partial charge in [0.25, 0.3) is 0 Å². The fourth-order valence-corrected chi connectivity index (χ4v) is 2.61. The number of carbonyl (C=O) groups is 1. The van der Waals surface area contributed by atoms with Gasteiger partial charge in [0.15, 0.2) is 0 Å². The Balaban J connectivity index is 1.43. The van der Waals surface area contributed by atoms with Crippen molar-refractivity contribution in [1.29, 1.82) is 0 Å². The van der Waals surface area contributed by atoms with Gasteiger partial charge >= 0.3 is 0 Å². The van der Waals surface area contributed by atoms with Crippen LogP contribution in [0.1, 0.15) is 25.7 Å². The highest BCUT2D eigenvalue weighted by Gasteiger charge is 2.33. The second-order valence-electron chi connectivity index (χ2n) is 5.53. The smallest absolute Gasteiger partial charge is 0.228 e. The van der Waals surface area contributed by atoms with Crippen molar-refractivity contribution < 1.29 is 14.3 Å². The van der Waals surface area contributed by atoms with E-state index in [1.807, 2.05) is 4.90 Å². The summed E-state index contributed by atoms with van der Waals surface area (Å²) < 4.78 is 11.1. The maximum absolute atomic E-state index is 12.1. The van der Waals surface area contributed by atoms with Gasteiger partial charge in [-0.1, -0.05) is 0 Å². The molecule has 0 bridgehead atoms. The van der Waals surface area contributed by atoms with E-state index in [2.05, 4.69) is 0 Å². The first kappa shape index (κ1) is 11.5. The summed E-state index contributed by atoms with van der Waals surface area (Å²) in [5.74, 6) is 1.19. The normalized spacial score (nSPS) is 33.3. The largest absolute Gasteiger partial charge is 0.381 e. The van der Waals surface area contributed by atoms with Crippen LogP contribution in [0.15, 0.2) is 0 Å². The zero-order chi connectivity index (χ0) is 11.7. The van der Waals surface area contributed by atoms with E-state index in [1.54, 1.807) is 0 Å². The molecule has 17 heavy (non-hydrogen) atoms. The summed E-state index contributed by atoms with van der Waals surface area (Å²) in [5, 5.41) is 0. The molecular formula is C13H21NO3. The molecule has 0 spiro atoms. The van der Waals surface area contributed by atoms with E-state index in [0.29, 0.717) is 6.61 Å². The molecule has 96 valence electrons. The first-order valence-corrected chi connectivity index (χ1v) is 6.81. The van der Waals surface area contributed by atoms with Crippen LogP contribution in [0.25, 0.3) is 0 Å². The number of hydrogen-bond donors (Lipinski definition) is 0. The summed E-state index contributed by atoms with van der Waals surface area (Å²) in [7, 11) is 0. The van der Waals surface area contributed by atoms with E-state index in [9.17, 15) is 4.79 Å². The molecule has 0 aromatic heterocycles. The van der Waals surface area contributed by atoms with Crippen LogP contribution >= 0.6 is 0 Å². The Morgan fingerprint density at radius 3 is 2.88 bits per heavy atom. The standard InChI is InChI=1S/C13H21NO3/c15-13(11-4-6-16-9-11)14-5-3-12(7-14)17-8-10-1-2-10/h10-12H,1-9H2. The van der Waals surface area contributed by atoms with E-state index in [0.717, 1.165) is 45.1 Å². The van der Waals surface area contributed by atoms with Crippen LogP contribution < -0.4 is 0 Å². The number of rotatable bonds is 4. The van der Waals surface area contributed by atoms with E-state index < -0.39 is 0 Å². The van der Waals surface area contributed by atoms with E-state index in [1.165, 1.54) is 12.8 Å². The zero-order valence-electron chi connectivity index (χ0n) is 10.3. The Morgan fingerprint density at radius 2 is 2.18 bits per heavy atom. The summed E-state index contributed by atoms with van der Waals surface area (Å²) in [4.78, 5) is 14.1. The van der Waals surface area contributed by atoms with Crippen molar-refractivity contribution in [2.24, 2.45) is 11.8 Å². The molecule has 2 heterocycles. The highest BCUT2D eigenvalue weighted by atomic mass is 16.5. The zero-order valence-corrected chi connectivity index (χ0v) is 10.3. The van der Waals surface area contributed by atoms with Gasteiger partial charge in [-0.2, -0.15) is 0 Å². The molecule has 0 aromatic carbocycles. The molecule has 0 N–H and O–H groups in total. The number of ether oxygens (including phenoxy) is 2. The van der Waals surface area contributed by atoms with Crippen LogP contribution in [0.2, 0.25) is 0 Å². The fourth-order valence-electron chi connectivity index (χ4n) is 2.61. The third-order valence-electron chi connectivity index (χ3n) is 4.00. The van der Waals surface area contributed by atoms with E-state index >= 15 is 0 Å². The summed E-state index contributed by atoms with van der Waals surface area (Å²) in [6, 6.07) is 0. The number of hydrogen-bond acceptors (Lipinski definition) is 3. The summed E-state index contributed by atoms with van der Waals surface area (Å²) in [6.45, 7) is 3.92. The topological polar surface area (TPSA) is 38.8 Å². The number of nitrogens with zero attached hydrogens (tertiary/aromatic N) is 1. The van der Waals surface area contributed by atoms with E-state index in [4.69, 9.17) is 9.47 Å². The maximum Gasteiger partial charge on any atom is 0.228 e. The molecule has 2 aliphatic heterocycles. The molecule has 2 unspecified atom stereocenters. The Morgan fingerprint density at radius 1 is 1.29 bits per heavy atom. The molecule has 0 radical (unpaired) electrons. The highest BCUT2D eigenvalue weighted by Crippen LogP contribution is 2.30. The average molecular weight is 239 g/mol. The molecule has 1 aliphatic carbocycles. The lowest BCUT2D eigenvalue weighted by Crippen LogP contribution is -2.35. The molecule has 3 rings (SSSR count). The molecular weight excluding hydrogens is 218 g/mol. The van der Waals surface area contributed by atoms with E-state index in [-0.39, 0.29) is 17.9 Å². The minimum Gasteiger partial charge on any atom is -0.381 e. The van der Waals surface area contributed by atoms with Gasteiger partial charge in [0.1, 0.15) is 0 Å². The quantitative estimate of drug-likeness (QED) is 0.736. The third kappa shape index (κ3) is 2.80. The third-order valence-corrected chi connectivity index (χ3v) is 4.00.